The van der Waals surface area contributed by atoms with Gasteiger partial charge in [-0.25, -0.2) is 13.2 Å². The van der Waals surface area contributed by atoms with Crippen LogP contribution in [0, 0.1) is 17.5 Å². The molecule has 32 heavy (non-hydrogen) atoms. The van der Waals surface area contributed by atoms with Gasteiger partial charge in [-0.05, 0) is 69.8 Å². The van der Waals surface area contributed by atoms with E-state index >= 15 is 0 Å². The second-order valence-corrected chi connectivity index (χ2v) is 7.94. The third-order valence-electron chi connectivity index (χ3n) is 5.69. The molecule has 0 spiro atoms. The SMILES string of the molecule is CCCCCc1ccc2c(ccc3cc(-c4cc(F)c(C(F)(F)F)c(F)c4)c(F)cc32)c1. The predicted molar refractivity (Wildman–Crippen MR) is 115 cm³/mol. The van der Waals surface area contributed by atoms with Gasteiger partial charge in [0, 0.05) is 5.56 Å². The van der Waals surface area contributed by atoms with E-state index in [0.717, 1.165) is 36.5 Å². The quantitative estimate of drug-likeness (QED) is 0.163. The maximum atomic E-state index is 14.9. The highest BCUT2D eigenvalue weighted by molar-refractivity contribution is 6.08. The molecule has 0 amide bonds. The van der Waals surface area contributed by atoms with Crippen molar-refractivity contribution in [3.63, 3.8) is 0 Å². The molecule has 0 heterocycles. The molecule has 4 rings (SSSR count). The van der Waals surface area contributed by atoms with Gasteiger partial charge in [0.1, 0.15) is 23.0 Å². The fraction of sp³-hybridized carbons (Fsp3) is 0.231. The molecule has 0 atom stereocenters. The van der Waals surface area contributed by atoms with E-state index < -0.39 is 29.2 Å². The van der Waals surface area contributed by atoms with Crippen molar-refractivity contribution in [3.8, 4) is 11.1 Å². The fourth-order valence-corrected chi connectivity index (χ4v) is 4.09. The van der Waals surface area contributed by atoms with Gasteiger partial charge in [-0.3, -0.25) is 0 Å². The smallest absolute Gasteiger partial charge is 0.206 e. The van der Waals surface area contributed by atoms with Gasteiger partial charge < -0.3 is 0 Å². The van der Waals surface area contributed by atoms with Crippen LogP contribution in [0.2, 0.25) is 0 Å². The van der Waals surface area contributed by atoms with Crippen LogP contribution in [-0.4, -0.2) is 0 Å². The topological polar surface area (TPSA) is 0 Å². The molecule has 0 nitrogen and oxygen atoms in total. The average Bonchev–Trinajstić information content (AvgIpc) is 2.71. The highest BCUT2D eigenvalue weighted by Gasteiger charge is 2.38. The Hall–Kier alpha value is -3.02. The summed E-state index contributed by atoms with van der Waals surface area (Å²) in [4.78, 5) is 0. The minimum Gasteiger partial charge on any atom is -0.206 e. The Morgan fingerprint density at radius 1 is 0.688 bits per heavy atom. The van der Waals surface area contributed by atoms with Crippen molar-refractivity contribution in [2.45, 2.75) is 38.8 Å². The summed E-state index contributed by atoms with van der Waals surface area (Å²) in [5, 5.41) is 3.02. The van der Waals surface area contributed by atoms with Gasteiger partial charge in [-0.2, -0.15) is 13.2 Å². The Bertz CT molecular complexity index is 1280. The summed E-state index contributed by atoms with van der Waals surface area (Å²) < 4.78 is 81.5. The van der Waals surface area contributed by atoms with Gasteiger partial charge in [0.25, 0.3) is 0 Å². The normalized spacial score (nSPS) is 12.1. The molecule has 4 aromatic rings. The molecular weight excluding hydrogens is 426 g/mol. The first kappa shape index (κ1) is 22.2. The van der Waals surface area contributed by atoms with Gasteiger partial charge in [-0.15, -0.1) is 0 Å². The maximum Gasteiger partial charge on any atom is 0.422 e. The number of hydrogen-bond acceptors (Lipinski definition) is 0. The van der Waals surface area contributed by atoms with E-state index in [2.05, 4.69) is 13.0 Å². The van der Waals surface area contributed by atoms with Gasteiger partial charge in [0.05, 0.1) is 0 Å². The minimum absolute atomic E-state index is 0.167. The molecule has 6 heteroatoms. The highest BCUT2D eigenvalue weighted by atomic mass is 19.4. The standard InChI is InChI=1S/C26H20F6/c1-2-3-4-5-15-6-9-19-16(10-15)7-8-17-11-21(22(27)14-20(17)19)18-12-23(28)25(24(29)13-18)26(30,31)32/h6-14H,2-5H2,1H3. The van der Waals surface area contributed by atoms with Crippen molar-refractivity contribution >= 4 is 21.5 Å². The van der Waals surface area contributed by atoms with Crippen LogP contribution in [0.25, 0.3) is 32.7 Å². The van der Waals surface area contributed by atoms with Crippen molar-refractivity contribution in [1.29, 1.82) is 0 Å². The Morgan fingerprint density at radius 3 is 1.97 bits per heavy atom. The molecule has 4 aromatic carbocycles. The van der Waals surface area contributed by atoms with Crippen LogP contribution in [-0.2, 0) is 12.6 Å². The van der Waals surface area contributed by atoms with Crippen LogP contribution in [0.15, 0.2) is 54.6 Å². The van der Waals surface area contributed by atoms with Gasteiger partial charge in [-0.1, -0.05) is 50.1 Å². The zero-order chi connectivity index (χ0) is 23.0. The molecule has 166 valence electrons. The molecule has 0 unspecified atom stereocenters. The summed E-state index contributed by atoms with van der Waals surface area (Å²) in [5.41, 5.74) is -1.25. The van der Waals surface area contributed by atoms with E-state index in [1.807, 2.05) is 18.2 Å². The first-order valence-corrected chi connectivity index (χ1v) is 10.4. The van der Waals surface area contributed by atoms with E-state index in [0.29, 0.717) is 22.9 Å². The van der Waals surface area contributed by atoms with E-state index in [1.165, 1.54) is 17.7 Å². The van der Waals surface area contributed by atoms with Gasteiger partial charge >= 0.3 is 6.18 Å². The van der Waals surface area contributed by atoms with E-state index in [-0.39, 0.29) is 11.1 Å². The lowest BCUT2D eigenvalue weighted by atomic mass is 9.94. The molecule has 0 N–H and O–H groups in total. The Morgan fingerprint density at radius 2 is 1.34 bits per heavy atom. The third-order valence-corrected chi connectivity index (χ3v) is 5.69. The number of hydrogen-bond donors (Lipinski definition) is 0. The summed E-state index contributed by atoms with van der Waals surface area (Å²) in [7, 11) is 0. The second-order valence-electron chi connectivity index (χ2n) is 7.94. The molecule has 0 fully saturated rings. The zero-order valence-electron chi connectivity index (χ0n) is 17.3. The maximum absolute atomic E-state index is 14.9. The number of benzene rings is 4. The largest absolute Gasteiger partial charge is 0.422 e. The van der Waals surface area contributed by atoms with Crippen LogP contribution in [0.5, 0.6) is 0 Å². The Labute approximate surface area is 181 Å². The highest BCUT2D eigenvalue weighted by Crippen LogP contribution is 2.38. The molecule has 0 aliphatic rings. The third kappa shape index (κ3) is 4.18. The van der Waals surface area contributed by atoms with Crippen molar-refractivity contribution in [1.82, 2.24) is 0 Å². The zero-order valence-corrected chi connectivity index (χ0v) is 17.3. The summed E-state index contributed by atoms with van der Waals surface area (Å²) in [5.74, 6) is -4.32. The molecule has 0 bridgehead atoms. The number of fused-ring (bicyclic) bond motifs is 3. The van der Waals surface area contributed by atoms with Crippen molar-refractivity contribution < 1.29 is 26.3 Å². The number of alkyl halides is 3. The minimum atomic E-state index is -5.18. The molecule has 0 saturated heterocycles. The van der Waals surface area contributed by atoms with Crippen LogP contribution < -0.4 is 0 Å². The van der Waals surface area contributed by atoms with Crippen molar-refractivity contribution in [2.24, 2.45) is 0 Å². The average molecular weight is 446 g/mol. The fourth-order valence-electron chi connectivity index (χ4n) is 4.09. The summed E-state index contributed by atoms with van der Waals surface area (Å²) in [6, 6.07) is 13.3. The molecule has 0 aromatic heterocycles. The summed E-state index contributed by atoms with van der Waals surface area (Å²) in [6.45, 7) is 2.14. The number of aryl methyl sites for hydroxylation is 1. The van der Waals surface area contributed by atoms with Gasteiger partial charge in [0.15, 0.2) is 0 Å². The Balaban J connectivity index is 1.79. The van der Waals surface area contributed by atoms with Crippen LogP contribution in [0.1, 0.15) is 37.3 Å². The first-order chi connectivity index (χ1) is 15.2. The van der Waals surface area contributed by atoms with Crippen LogP contribution in [0.4, 0.5) is 26.3 Å². The molecular formula is C26H20F6. The molecule has 0 aliphatic carbocycles. The first-order valence-electron chi connectivity index (χ1n) is 10.4. The molecule has 0 saturated carbocycles. The molecule has 0 aliphatic heterocycles. The number of rotatable bonds is 5. The van der Waals surface area contributed by atoms with E-state index in [4.69, 9.17) is 0 Å². The number of halogens is 6. The monoisotopic (exact) mass is 446 g/mol. The predicted octanol–water partition coefficient (Wildman–Crippen LogP) is 8.83. The van der Waals surface area contributed by atoms with Crippen LogP contribution >= 0.6 is 0 Å². The number of unbranched alkanes of at least 4 members (excludes halogenated alkanes) is 2. The summed E-state index contributed by atoms with van der Waals surface area (Å²) >= 11 is 0. The van der Waals surface area contributed by atoms with Crippen molar-refractivity contribution in [2.75, 3.05) is 0 Å². The van der Waals surface area contributed by atoms with Gasteiger partial charge in [0.2, 0.25) is 0 Å². The molecule has 0 radical (unpaired) electrons. The summed E-state index contributed by atoms with van der Waals surface area (Å²) in [6.07, 6.45) is -0.849. The lowest BCUT2D eigenvalue weighted by Gasteiger charge is -2.13. The van der Waals surface area contributed by atoms with Crippen LogP contribution in [0.3, 0.4) is 0 Å². The lowest BCUT2D eigenvalue weighted by Crippen LogP contribution is -2.11. The van der Waals surface area contributed by atoms with E-state index in [9.17, 15) is 26.3 Å². The lowest BCUT2D eigenvalue weighted by molar-refractivity contribution is -0.142. The Kier molecular flexibility index (Phi) is 5.89. The van der Waals surface area contributed by atoms with Crippen molar-refractivity contribution in [3.05, 3.63) is 83.2 Å². The van der Waals surface area contributed by atoms with E-state index in [1.54, 1.807) is 6.07 Å². The second kappa shape index (κ2) is 8.49.